The van der Waals surface area contributed by atoms with Gasteiger partial charge in [-0.1, -0.05) is 48.0 Å². The number of hydrogen-bond acceptors (Lipinski definition) is 2. The van der Waals surface area contributed by atoms with Crippen molar-refractivity contribution in [1.29, 1.82) is 0 Å². The molecule has 0 aliphatic carbocycles. The van der Waals surface area contributed by atoms with Gasteiger partial charge in [-0.3, -0.25) is 0 Å². The highest BCUT2D eigenvalue weighted by Gasteiger charge is 2.13. The van der Waals surface area contributed by atoms with Crippen LogP contribution in [-0.4, -0.2) is 24.9 Å². The number of aliphatic hydroxyl groups is 1. The highest BCUT2D eigenvalue weighted by Crippen LogP contribution is 2.26. The van der Waals surface area contributed by atoms with E-state index in [1.807, 2.05) is 24.3 Å². The first-order chi connectivity index (χ1) is 8.15. The van der Waals surface area contributed by atoms with Crippen molar-refractivity contribution in [2.75, 3.05) is 19.8 Å². The van der Waals surface area contributed by atoms with E-state index >= 15 is 0 Å². The van der Waals surface area contributed by atoms with Crippen molar-refractivity contribution in [3.8, 4) is 0 Å². The summed E-state index contributed by atoms with van der Waals surface area (Å²) in [5, 5.41) is 9.44. The van der Waals surface area contributed by atoms with Gasteiger partial charge in [0.1, 0.15) is 0 Å². The third-order valence-electron chi connectivity index (χ3n) is 2.63. The van der Waals surface area contributed by atoms with Gasteiger partial charge in [-0.2, -0.15) is 0 Å². The lowest BCUT2D eigenvalue weighted by molar-refractivity contribution is 0.0977. The maximum atomic E-state index is 9.44. The van der Waals surface area contributed by atoms with Crippen LogP contribution < -0.4 is 0 Å². The van der Waals surface area contributed by atoms with E-state index in [4.69, 9.17) is 4.74 Å². The second-order valence-electron chi connectivity index (χ2n) is 4.66. The fraction of sp³-hybridized carbons (Fsp3) is 0.571. The van der Waals surface area contributed by atoms with Gasteiger partial charge < -0.3 is 9.84 Å². The molecule has 1 rings (SSSR count). The molecule has 1 aromatic rings. The van der Waals surface area contributed by atoms with E-state index in [1.165, 1.54) is 0 Å². The lowest BCUT2D eigenvalue weighted by Crippen LogP contribution is -2.10. The molecular weight excluding hydrogens is 280 g/mol. The van der Waals surface area contributed by atoms with Crippen LogP contribution in [0.2, 0.25) is 0 Å². The zero-order valence-electron chi connectivity index (χ0n) is 10.5. The van der Waals surface area contributed by atoms with Crippen molar-refractivity contribution < 1.29 is 9.84 Å². The van der Waals surface area contributed by atoms with E-state index in [9.17, 15) is 5.11 Å². The van der Waals surface area contributed by atoms with Crippen molar-refractivity contribution in [2.45, 2.75) is 26.2 Å². The average Bonchev–Trinajstić information content (AvgIpc) is 2.30. The fourth-order valence-electron chi connectivity index (χ4n) is 1.70. The molecule has 0 bridgehead atoms. The number of rotatable bonds is 7. The first kappa shape index (κ1) is 14.7. The third-order valence-corrected chi connectivity index (χ3v) is 3.35. The average molecular weight is 301 g/mol. The molecule has 17 heavy (non-hydrogen) atoms. The highest BCUT2D eigenvalue weighted by atomic mass is 79.9. The molecule has 0 amide bonds. The van der Waals surface area contributed by atoms with E-state index in [0.29, 0.717) is 12.5 Å². The molecule has 0 fully saturated rings. The number of benzene rings is 1. The molecule has 0 saturated carbocycles. The standard InChI is InChI=1S/C14H21BrO2/c1-11(2)10-17-8-7-12(9-16)13-5-3-4-6-14(13)15/h3-6,11-12,16H,7-10H2,1-2H3. The van der Waals surface area contributed by atoms with Crippen LogP contribution in [0.3, 0.4) is 0 Å². The van der Waals surface area contributed by atoms with Crippen molar-refractivity contribution in [1.82, 2.24) is 0 Å². The molecule has 0 radical (unpaired) electrons. The van der Waals surface area contributed by atoms with Crippen LogP contribution in [0.1, 0.15) is 31.7 Å². The smallest absolute Gasteiger partial charge is 0.0501 e. The van der Waals surface area contributed by atoms with Gasteiger partial charge in [0.05, 0.1) is 6.61 Å². The Hall–Kier alpha value is -0.380. The van der Waals surface area contributed by atoms with Crippen LogP contribution >= 0.6 is 15.9 Å². The Kier molecular flexibility index (Phi) is 6.78. The van der Waals surface area contributed by atoms with Gasteiger partial charge in [0.15, 0.2) is 0 Å². The molecule has 0 heterocycles. The van der Waals surface area contributed by atoms with Gasteiger partial charge >= 0.3 is 0 Å². The zero-order chi connectivity index (χ0) is 12.7. The molecule has 0 spiro atoms. The van der Waals surface area contributed by atoms with E-state index in [0.717, 1.165) is 23.1 Å². The molecule has 0 aliphatic heterocycles. The summed E-state index contributed by atoms with van der Waals surface area (Å²) in [4.78, 5) is 0. The minimum Gasteiger partial charge on any atom is -0.396 e. The second-order valence-corrected chi connectivity index (χ2v) is 5.51. The SMILES string of the molecule is CC(C)COCCC(CO)c1ccccc1Br. The zero-order valence-corrected chi connectivity index (χ0v) is 12.1. The van der Waals surface area contributed by atoms with E-state index in [-0.39, 0.29) is 12.5 Å². The molecule has 1 atom stereocenters. The van der Waals surface area contributed by atoms with E-state index < -0.39 is 0 Å². The molecule has 3 heteroatoms. The summed E-state index contributed by atoms with van der Waals surface area (Å²) < 4.78 is 6.62. The van der Waals surface area contributed by atoms with E-state index in [2.05, 4.69) is 29.8 Å². The Labute approximate surface area is 112 Å². The van der Waals surface area contributed by atoms with Crippen LogP contribution in [0.15, 0.2) is 28.7 Å². The number of hydrogen-bond donors (Lipinski definition) is 1. The van der Waals surface area contributed by atoms with Crippen LogP contribution in [0.25, 0.3) is 0 Å². The molecular formula is C14H21BrO2. The minimum absolute atomic E-state index is 0.151. The second kappa shape index (κ2) is 7.85. The lowest BCUT2D eigenvalue weighted by Gasteiger charge is -2.16. The van der Waals surface area contributed by atoms with Crippen LogP contribution in [0.4, 0.5) is 0 Å². The molecule has 0 saturated heterocycles. The predicted octanol–water partition coefficient (Wildman–Crippen LogP) is 3.59. The summed E-state index contributed by atoms with van der Waals surface area (Å²) in [7, 11) is 0. The normalized spacial score (nSPS) is 13.0. The van der Waals surface area contributed by atoms with Crippen molar-refractivity contribution in [3.63, 3.8) is 0 Å². The van der Waals surface area contributed by atoms with Gasteiger partial charge in [-0.25, -0.2) is 0 Å². The quantitative estimate of drug-likeness (QED) is 0.780. The molecule has 1 unspecified atom stereocenters. The number of halogens is 1. The van der Waals surface area contributed by atoms with Gasteiger partial charge in [0.2, 0.25) is 0 Å². The summed E-state index contributed by atoms with van der Waals surface area (Å²) >= 11 is 3.52. The van der Waals surface area contributed by atoms with Crippen LogP contribution in [0, 0.1) is 5.92 Å². The summed E-state index contributed by atoms with van der Waals surface area (Å²) in [6.07, 6.45) is 0.853. The Morgan fingerprint density at radius 2 is 2.00 bits per heavy atom. The van der Waals surface area contributed by atoms with Crippen molar-refractivity contribution >= 4 is 15.9 Å². The number of aliphatic hydroxyl groups excluding tert-OH is 1. The number of ether oxygens (including phenoxy) is 1. The topological polar surface area (TPSA) is 29.5 Å². The molecule has 0 aromatic heterocycles. The van der Waals surface area contributed by atoms with Gasteiger partial charge in [-0.15, -0.1) is 0 Å². The first-order valence-electron chi connectivity index (χ1n) is 6.08. The van der Waals surface area contributed by atoms with Gasteiger partial charge in [0.25, 0.3) is 0 Å². The highest BCUT2D eigenvalue weighted by molar-refractivity contribution is 9.10. The fourth-order valence-corrected chi connectivity index (χ4v) is 2.30. The first-order valence-corrected chi connectivity index (χ1v) is 6.87. The van der Waals surface area contributed by atoms with E-state index in [1.54, 1.807) is 0 Å². The molecule has 1 aromatic carbocycles. The van der Waals surface area contributed by atoms with Crippen LogP contribution in [0.5, 0.6) is 0 Å². The van der Waals surface area contributed by atoms with Crippen LogP contribution in [-0.2, 0) is 4.74 Å². The molecule has 96 valence electrons. The Morgan fingerprint density at radius 1 is 1.29 bits per heavy atom. The summed E-state index contributed by atoms with van der Waals surface area (Å²) in [5.74, 6) is 0.712. The lowest BCUT2D eigenvalue weighted by atomic mass is 9.97. The molecule has 1 N–H and O–H groups in total. The maximum Gasteiger partial charge on any atom is 0.0501 e. The van der Waals surface area contributed by atoms with Gasteiger partial charge in [0, 0.05) is 23.6 Å². The predicted molar refractivity (Wildman–Crippen MR) is 74.2 cm³/mol. The Balaban J connectivity index is 2.46. The monoisotopic (exact) mass is 300 g/mol. The van der Waals surface area contributed by atoms with Gasteiger partial charge in [-0.05, 0) is 24.0 Å². The largest absolute Gasteiger partial charge is 0.396 e. The Morgan fingerprint density at radius 3 is 2.59 bits per heavy atom. The van der Waals surface area contributed by atoms with Crippen molar-refractivity contribution in [2.24, 2.45) is 5.92 Å². The summed E-state index contributed by atoms with van der Waals surface area (Å²) in [5.41, 5.74) is 1.16. The maximum absolute atomic E-state index is 9.44. The Bertz CT molecular complexity index is 326. The van der Waals surface area contributed by atoms with Crippen molar-refractivity contribution in [3.05, 3.63) is 34.3 Å². The summed E-state index contributed by atoms with van der Waals surface area (Å²) in [6, 6.07) is 8.04. The third kappa shape index (κ3) is 5.19. The molecule has 0 aliphatic rings. The summed E-state index contributed by atoms with van der Waals surface area (Å²) in [6.45, 7) is 5.92. The molecule has 2 nitrogen and oxygen atoms in total. The minimum atomic E-state index is 0.151.